The number of amides is 1. The van der Waals surface area contributed by atoms with Crippen molar-refractivity contribution in [2.45, 2.75) is 20.3 Å². The fourth-order valence-electron chi connectivity index (χ4n) is 4.43. The van der Waals surface area contributed by atoms with Gasteiger partial charge >= 0.3 is 0 Å². The van der Waals surface area contributed by atoms with E-state index in [2.05, 4.69) is 21.0 Å². The van der Waals surface area contributed by atoms with Crippen molar-refractivity contribution in [3.63, 3.8) is 0 Å². The maximum absolute atomic E-state index is 13.3. The quantitative estimate of drug-likeness (QED) is 0.413. The summed E-state index contributed by atoms with van der Waals surface area (Å²) in [5.74, 6) is 3.02. The standard InChI is InChI=1S/C27H28N6O2/c1-5-33-25-21(27(34)32(4)22-7-6-11-28-26(22)33)16-19(17-30-25)10-14-35-23-9-8-20(15-18(23)2)24-29-12-13-31(24)3/h6-9,11-13,15-17H,5,10,14H2,1-4H3. The fraction of sp³-hybridized carbons (Fsp3) is 0.259. The SMILES string of the molecule is CCN1c2ncc(CCOc3ccc(-c4nccn4C)cc3C)cc2C(=O)N(C)c2cccnc21. The first-order valence-corrected chi connectivity index (χ1v) is 11.7. The maximum Gasteiger partial charge on any atom is 0.261 e. The van der Waals surface area contributed by atoms with Gasteiger partial charge in [-0.15, -0.1) is 0 Å². The van der Waals surface area contributed by atoms with Crippen molar-refractivity contribution in [2.75, 3.05) is 30.0 Å². The van der Waals surface area contributed by atoms with E-state index in [1.54, 1.807) is 24.3 Å². The summed E-state index contributed by atoms with van der Waals surface area (Å²) in [7, 11) is 3.76. The predicted molar refractivity (Wildman–Crippen MR) is 136 cm³/mol. The number of rotatable bonds is 6. The Morgan fingerprint density at radius 2 is 1.86 bits per heavy atom. The van der Waals surface area contributed by atoms with E-state index in [1.807, 2.05) is 73.1 Å². The van der Waals surface area contributed by atoms with Gasteiger partial charge in [0, 0.05) is 57.4 Å². The van der Waals surface area contributed by atoms with Crippen molar-refractivity contribution in [1.82, 2.24) is 19.5 Å². The molecule has 0 spiro atoms. The summed E-state index contributed by atoms with van der Waals surface area (Å²) in [5.41, 5.74) is 4.39. The van der Waals surface area contributed by atoms with Crippen LogP contribution in [0.25, 0.3) is 11.4 Å². The van der Waals surface area contributed by atoms with Crippen molar-refractivity contribution in [2.24, 2.45) is 7.05 Å². The molecule has 0 saturated heterocycles. The van der Waals surface area contributed by atoms with Crippen LogP contribution in [0.5, 0.6) is 5.75 Å². The lowest BCUT2D eigenvalue weighted by Crippen LogP contribution is -2.25. The van der Waals surface area contributed by atoms with Gasteiger partial charge < -0.3 is 19.1 Å². The molecule has 8 nitrogen and oxygen atoms in total. The van der Waals surface area contributed by atoms with Crippen LogP contribution in [-0.4, -0.2) is 45.6 Å². The molecule has 0 radical (unpaired) electrons. The van der Waals surface area contributed by atoms with E-state index in [0.717, 1.165) is 39.8 Å². The number of aryl methyl sites for hydroxylation is 2. The first kappa shape index (κ1) is 22.6. The molecule has 0 bridgehead atoms. The molecule has 4 aromatic rings. The van der Waals surface area contributed by atoms with Crippen LogP contribution in [0.2, 0.25) is 0 Å². The monoisotopic (exact) mass is 468 g/mol. The van der Waals surface area contributed by atoms with Crippen molar-refractivity contribution < 1.29 is 9.53 Å². The van der Waals surface area contributed by atoms with Crippen molar-refractivity contribution in [3.8, 4) is 17.1 Å². The second-order valence-electron chi connectivity index (χ2n) is 8.61. The van der Waals surface area contributed by atoms with Crippen molar-refractivity contribution >= 4 is 23.2 Å². The molecule has 3 aromatic heterocycles. The number of carbonyl (C=O) groups is 1. The molecule has 0 N–H and O–H groups in total. The Hall–Kier alpha value is -4.20. The molecule has 0 fully saturated rings. The zero-order valence-corrected chi connectivity index (χ0v) is 20.4. The summed E-state index contributed by atoms with van der Waals surface area (Å²) in [6, 6.07) is 11.8. The largest absolute Gasteiger partial charge is 0.493 e. The molecule has 5 rings (SSSR count). The topological polar surface area (TPSA) is 76.4 Å². The summed E-state index contributed by atoms with van der Waals surface area (Å²) >= 11 is 0. The van der Waals surface area contributed by atoms with E-state index in [-0.39, 0.29) is 5.91 Å². The van der Waals surface area contributed by atoms with E-state index in [1.165, 1.54) is 0 Å². The fourth-order valence-corrected chi connectivity index (χ4v) is 4.43. The van der Waals surface area contributed by atoms with Crippen LogP contribution in [0.3, 0.4) is 0 Å². The molecule has 1 aromatic carbocycles. The van der Waals surface area contributed by atoms with Gasteiger partial charge in [0.1, 0.15) is 17.4 Å². The average Bonchev–Trinajstić information content (AvgIpc) is 3.28. The lowest BCUT2D eigenvalue weighted by molar-refractivity contribution is 0.0994. The maximum atomic E-state index is 13.3. The zero-order valence-electron chi connectivity index (χ0n) is 20.4. The molecule has 0 atom stereocenters. The number of carbonyl (C=O) groups excluding carboxylic acids is 1. The molecule has 0 unspecified atom stereocenters. The number of imidazole rings is 1. The highest BCUT2D eigenvalue weighted by Crippen LogP contribution is 2.37. The van der Waals surface area contributed by atoms with Gasteiger partial charge in [0.15, 0.2) is 5.82 Å². The van der Waals surface area contributed by atoms with E-state index < -0.39 is 0 Å². The van der Waals surface area contributed by atoms with Crippen LogP contribution in [0.4, 0.5) is 17.3 Å². The number of hydrogen-bond acceptors (Lipinski definition) is 6. The van der Waals surface area contributed by atoms with Crippen LogP contribution >= 0.6 is 0 Å². The van der Waals surface area contributed by atoms with Crippen LogP contribution in [0.1, 0.15) is 28.4 Å². The summed E-state index contributed by atoms with van der Waals surface area (Å²) in [4.78, 5) is 30.5. The molecule has 4 heterocycles. The van der Waals surface area contributed by atoms with Gasteiger partial charge in [-0.3, -0.25) is 4.79 Å². The highest BCUT2D eigenvalue weighted by molar-refractivity contribution is 6.12. The lowest BCUT2D eigenvalue weighted by Gasteiger charge is -2.22. The van der Waals surface area contributed by atoms with Gasteiger partial charge in [0.25, 0.3) is 5.91 Å². The van der Waals surface area contributed by atoms with Gasteiger partial charge in [-0.2, -0.15) is 0 Å². The average molecular weight is 469 g/mol. The molecule has 1 aliphatic rings. The Morgan fingerprint density at radius 3 is 2.60 bits per heavy atom. The first-order chi connectivity index (χ1) is 17.0. The van der Waals surface area contributed by atoms with Crippen LogP contribution in [0.15, 0.2) is 61.2 Å². The second kappa shape index (κ2) is 9.21. The van der Waals surface area contributed by atoms with E-state index in [9.17, 15) is 4.79 Å². The predicted octanol–water partition coefficient (Wildman–Crippen LogP) is 4.56. The molecule has 178 valence electrons. The number of pyridine rings is 2. The molecule has 0 saturated carbocycles. The first-order valence-electron chi connectivity index (χ1n) is 11.7. The Labute approximate surface area is 204 Å². The highest BCUT2D eigenvalue weighted by Gasteiger charge is 2.30. The van der Waals surface area contributed by atoms with Gasteiger partial charge in [-0.25, -0.2) is 15.0 Å². The molecular formula is C27H28N6O2. The number of hydrogen-bond donors (Lipinski definition) is 0. The van der Waals surface area contributed by atoms with Crippen LogP contribution in [-0.2, 0) is 13.5 Å². The second-order valence-corrected chi connectivity index (χ2v) is 8.61. The smallest absolute Gasteiger partial charge is 0.261 e. The molecule has 1 amide bonds. The number of fused-ring (bicyclic) bond motifs is 2. The van der Waals surface area contributed by atoms with Gasteiger partial charge in [-0.05, 0) is 61.4 Å². The van der Waals surface area contributed by atoms with Gasteiger partial charge in [-0.1, -0.05) is 0 Å². The number of anilines is 3. The molecular weight excluding hydrogens is 440 g/mol. The number of nitrogens with zero attached hydrogens (tertiary/aromatic N) is 6. The molecule has 0 aliphatic carbocycles. The summed E-state index contributed by atoms with van der Waals surface area (Å²) < 4.78 is 8.08. The Bertz CT molecular complexity index is 1400. The third-order valence-corrected chi connectivity index (χ3v) is 6.32. The third-order valence-electron chi connectivity index (χ3n) is 6.32. The highest BCUT2D eigenvalue weighted by atomic mass is 16.5. The van der Waals surface area contributed by atoms with Crippen LogP contribution < -0.4 is 14.5 Å². The minimum atomic E-state index is -0.0961. The minimum absolute atomic E-state index is 0.0961. The molecule has 1 aliphatic heterocycles. The number of ether oxygens (including phenoxy) is 1. The van der Waals surface area contributed by atoms with E-state index in [0.29, 0.717) is 31.0 Å². The lowest BCUT2D eigenvalue weighted by atomic mass is 10.1. The molecule has 8 heteroatoms. The summed E-state index contributed by atoms with van der Waals surface area (Å²) in [5, 5.41) is 0. The van der Waals surface area contributed by atoms with Crippen molar-refractivity contribution in [3.05, 3.63) is 77.9 Å². The third kappa shape index (κ3) is 4.12. The molecule has 35 heavy (non-hydrogen) atoms. The Kier molecular flexibility index (Phi) is 5.94. The Morgan fingerprint density at radius 1 is 1.00 bits per heavy atom. The summed E-state index contributed by atoms with van der Waals surface area (Å²) in [6.45, 7) is 5.20. The summed E-state index contributed by atoms with van der Waals surface area (Å²) in [6.07, 6.45) is 7.92. The van der Waals surface area contributed by atoms with Gasteiger partial charge in [0.05, 0.1) is 17.9 Å². The van der Waals surface area contributed by atoms with E-state index in [4.69, 9.17) is 4.74 Å². The minimum Gasteiger partial charge on any atom is -0.493 e. The van der Waals surface area contributed by atoms with Crippen LogP contribution in [0, 0.1) is 6.92 Å². The number of benzene rings is 1. The normalized spacial score (nSPS) is 12.9. The zero-order chi connectivity index (χ0) is 24.5. The van der Waals surface area contributed by atoms with Crippen molar-refractivity contribution in [1.29, 1.82) is 0 Å². The Balaban J connectivity index is 1.33. The van der Waals surface area contributed by atoms with E-state index >= 15 is 0 Å². The number of aromatic nitrogens is 4. The van der Waals surface area contributed by atoms with Gasteiger partial charge in [0.2, 0.25) is 0 Å².